The normalized spacial score (nSPS) is 21.3. The number of rotatable bonds is 3. The minimum Gasteiger partial charge on any atom is -0.391 e. The number of halogens is 1. The van der Waals surface area contributed by atoms with Gasteiger partial charge in [-0.3, -0.25) is 9.36 Å². The van der Waals surface area contributed by atoms with E-state index in [1.54, 1.807) is 18.6 Å². The van der Waals surface area contributed by atoms with Crippen molar-refractivity contribution in [3.63, 3.8) is 0 Å². The number of benzene rings is 1. The van der Waals surface area contributed by atoms with E-state index in [9.17, 15) is 9.90 Å². The topological polar surface area (TPSA) is 80.5 Å². The van der Waals surface area contributed by atoms with Gasteiger partial charge in [0.1, 0.15) is 10.7 Å². The first-order valence-corrected chi connectivity index (χ1v) is 11.0. The maximum atomic E-state index is 13.5. The molecule has 0 spiro atoms. The van der Waals surface area contributed by atoms with E-state index < -0.39 is 12.1 Å². The Morgan fingerprint density at radius 3 is 2.97 bits per heavy atom. The molecule has 0 radical (unpaired) electrons. The highest BCUT2D eigenvalue weighted by Crippen LogP contribution is 2.36. The Morgan fingerprint density at radius 2 is 2.19 bits per heavy atom. The van der Waals surface area contributed by atoms with Crippen LogP contribution in [0.5, 0.6) is 0 Å². The number of pyridine rings is 1. The Morgan fingerprint density at radius 1 is 1.32 bits per heavy atom. The molecule has 0 aliphatic carbocycles. The van der Waals surface area contributed by atoms with E-state index in [-0.39, 0.29) is 5.56 Å². The van der Waals surface area contributed by atoms with Gasteiger partial charge < -0.3 is 14.7 Å². The molecule has 1 saturated heterocycles. The highest BCUT2D eigenvalue weighted by atomic mass is 35.5. The van der Waals surface area contributed by atoms with Crippen LogP contribution >= 0.6 is 11.6 Å². The summed E-state index contributed by atoms with van der Waals surface area (Å²) in [6.45, 7) is 1.74. The minimum absolute atomic E-state index is 0.142. The second kappa shape index (κ2) is 8.22. The molecule has 2 atom stereocenters. The predicted molar refractivity (Wildman–Crippen MR) is 120 cm³/mol. The first kappa shape index (κ1) is 20.4. The Hall–Kier alpha value is -2.48. The summed E-state index contributed by atoms with van der Waals surface area (Å²) in [6.07, 6.45) is 5.92. The molecule has 0 saturated carbocycles. The maximum absolute atomic E-state index is 13.5. The Bertz CT molecular complexity index is 1180. The van der Waals surface area contributed by atoms with Crippen LogP contribution in [0, 0.1) is 0 Å². The number of aliphatic hydroxyl groups excluding tert-OH is 1. The number of hydrogen-bond acceptors (Lipinski definition) is 6. The highest BCUT2D eigenvalue weighted by Gasteiger charge is 2.28. The second-order valence-electron chi connectivity index (χ2n) is 8.41. The summed E-state index contributed by atoms with van der Waals surface area (Å²) >= 11 is 5.95. The smallest absolute Gasteiger partial charge is 0.261 e. The Balaban J connectivity index is 1.68. The van der Waals surface area contributed by atoms with Crippen molar-refractivity contribution < 1.29 is 9.84 Å². The molecule has 0 bridgehead atoms. The fraction of sp³-hybridized carbons (Fsp3) is 0.435. The van der Waals surface area contributed by atoms with E-state index in [0.29, 0.717) is 36.6 Å². The van der Waals surface area contributed by atoms with Crippen LogP contribution in [-0.2, 0) is 17.6 Å². The third-order valence-corrected chi connectivity index (χ3v) is 6.60. The van der Waals surface area contributed by atoms with E-state index in [0.717, 1.165) is 41.7 Å². The van der Waals surface area contributed by atoms with E-state index in [2.05, 4.69) is 16.9 Å². The lowest BCUT2D eigenvalue weighted by Crippen LogP contribution is -2.39. The van der Waals surface area contributed by atoms with Crippen LogP contribution in [0.1, 0.15) is 35.6 Å². The Kier molecular flexibility index (Phi) is 5.42. The summed E-state index contributed by atoms with van der Waals surface area (Å²) in [5.41, 5.74) is 5.00. The summed E-state index contributed by atoms with van der Waals surface area (Å²) in [5, 5.41) is 11.5. The number of hydrogen-bond donors (Lipinski definition) is 1. The first-order chi connectivity index (χ1) is 15.0. The number of aliphatic hydroxyl groups is 1. The van der Waals surface area contributed by atoms with E-state index in [4.69, 9.17) is 21.3 Å². The Labute approximate surface area is 185 Å². The first-order valence-electron chi connectivity index (χ1n) is 10.7. The van der Waals surface area contributed by atoms with Gasteiger partial charge in [-0.15, -0.1) is 0 Å². The number of aromatic nitrogens is 3. The zero-order valence-electron chi connectivity index (χ0n) is 17.4. The van der Waals surface area contributed by atoms with Crippen molar-refractivity contribution in [2.75, 3.05) is 31.7 Å². The van der Waals surface area contributed by atoms with Crippen LogP contribution in [0.25, 0.3) is 10.9 Å². The van der Waals surface area contributed by atoms with Crippen molar-refractivity contribution in [2.45, 2.75) is 37.8 Å². The molecule has 5 rings (SSSR count). The lowest BCUT2D eigenvalue weighted by molar-refractivity contribution is -0.0303. The molecular formula is C23H25ClN4O3. The molecule has 4 heterocycles. The van der Waals surface area contributed by atoms with Crippen LogP contribution in [0.3, 0.4) is 0 Å². The second-order valence-corrected chi connectivity index (χ2v) is 8.79. The third-order valence-electron chi connectivity index (χ3n) is 6.38. The molecule has 1 fully saturated rings. The molecule has 2 aliphatic heterocycles. The van der Waals surface area contributed by atoms with Gasteiger partial charge in [0.2, 0.25) is 0 Å². The summed E-state index contributed by atoms with van der Waals surface area (Å²) in [6, 6.07) is 5.31. The molecule has 0 unspecified atom stereocenters. The largest absolute Gasteiger partial charge is 0.391 e. The van der Waals surface area contributed by atoms with Gasteiger partial charge in [0.15, 0.2) is 0 Å². The molecule has 2 aliphatic rings. The molecule has 3 aromatic rings. The average Bonchev–Trinajstić information content (AvgIpc) is 2.77. The molecule has 162 valence electrons. The van der Waals surface area contributed by atoms with Crippen LogP contribution < -0.4 is 10.5 Å². The quantitative estimate of drug-likeness (QED) is 0.631. The summed E-state index contributed by atoms with van der Waals surface area (Å²) in [4.78, 5) is 24.6. The van der Waals surface area contributed by atoms with Gasteiger partial charge in [-0.25, -0.2) is 9.97 Å². The fourth-order valence-electron chi connectivity index (χ4n) is 4.75. The standard InChI is InChI=1S/C23H25ClN4O3/c1-27-7-2-3-16-15(9-14-4-5-20(24)25-11-14)10-17-21(22(16)27)26-13-28(23(17)30)18-12-31-8-6-19(18)29/h4-5,10-11,13,18-19,29H,2-3,6-9,12H2,1H3/t18-,19-/m0/s1. The van der Waals surface area contributed by atoms with Crippen molar-refractivity contribution in [1.82, 2.24) is 14.5 Å². The monoisotopic (exact) mass is 440 g/mol. The van der Waals surface area contributed by atoms with Crippen molar-refractivity contribution in [2.24, 2.45) is 0 Å². The molecule has 7 nitrogen and oxygen atoms in total. The molecule has 1 N–H and O–H groups in total. The lowest BCUT2D eigenvalue weighted by atomic mass is 9.91. The van der Waals surface area contributed by atoms with Crippen molar-refractivity contribution in [3.05, 3.63) is 62.9 Å². The van der Waals surface area contributed by atoms with Crippen molar-refractivity contribution in [1.29, 1.82) is 0 Å². The molecule has 8 heteroatoms. The average molecular weight is 441 g/mol. The van der Waals surface area contributed by atoms with Crippen molar-refractivity contribution in [3.8, 4) is 0 Å². The molecule has 0 amide bonds. The molecule has 2 aromatic heterocycles. The minimum atomic E-state index is -0.620. The van der Waals surface area contributed by atoms with Gasteiger partial charge in [0, 0.05) is 26.4 Å². The molecular weight excluding hydrogens is 416 g/mol. The zero-order chi connectivity index (χ0) is 21.5. The lowest BCUT2D eigenvalue weighted by Gasteiger charge is -2.32. The number of anilines is 1. The van der Waals surface area contributed by atoms with Crippen LogP contribution in [0.15, 0.2) is 35.5 Å². The predicted octanol–water partition coefficient (Wildman–Crippen LogP) is 2.74. The van der Waals surface area contributed by atoms with Crippen LogP contribution in [0.4, 0.5) is 5.69 Å². The summed E-state index contributed by atoms with van der Waals surface area (Å²) < 4.78 is 7.06. The SMILES string of the molecule is CN1CCCc2c(Cc3ccc(Cl)nc3)cc3c(=O)n([C@H]4COCC[C@@H]4O)cnc3c21. The van der Waals surface area contributed by atoms with Gasteiger partial charge in [-0.05, 0) is 54.5 Å². The number of nitrogens with zero attached hydrogens (tertiary/aromatic N) is 4. The van der Waals surface area contributed by atoms with E-state index >= 15 is 0 Å². The van der Waals surface area contributed by atoms with Crippen LogP contribution in [-0.4, -0.2) is 52.6 Å². The van der Waals surface area contributed by atoms with E-state index in [1.165, 1.54) is 10.1 Å². The summed E-state index contributed by atoms with van der Waals surface area (Å²) in [5.74, 6) is 0. The van der Waals surface area contributed by atoms with Gasteiger partial charge in [0.25, 0.3) is 5.56 Å². The van der Waals surface area contributed by atoms with Crippen molar-refractivity contribution >= 4 is 28.2 Å². The fourth-order valence-corrected chi connectivity index (χ4v) is 4.87. The maximum Gasteiger partial charge on any atom is 0.261 e. The van der Waals surface area contributed by atoms with Gasteiger partial charge in [-0.2, -0.15) is 0 Å². The number of ether oxygens (including phenoxy) is 1. The van der Waals surface area contributed by atoms with E-state index in [1.807, 2.05) is 12.1 Å². The molecule has 1 aromatic carbocycles. The van der Waals surface area contributed by atoms with Gasteiger partial charge >= 0.3 is 0 Å². The highest BCUT2D eigenvalue weighted by molar-refractivity contribution is 6.29. The third kappa shape index (κ3) is 3.71. The molecule has 31 heavy (non-hydrogen) atoms. The number of fused-ring (bicyclic) bond motifs is 3. The van der Waals surface area contributed by atoms with Gasteiger partial charge in [0.05, 0.1) is 36.2 Å². The van der Waals surface area contributed by atoms with Crippen LogP contribution in [0.2, 0.25) is 5.15 Å². The zero-order valence-corrected chi connectivity index (χ0v) is 18.2. The van der Waals surface area contributed by atoms with Gasteiger partial charge in [-0.1, -0.05) is 17.7 Å². The summed E-state index contributed by atoms with van der Waals surface area (Å²) in [7, 11) is 2.05.